The number of hydrogen-bond donors (Lipinski definition) is 1. The van der Waals surface area contributed by atoms with Gasteiger partial charge in [0, 0.05) is 19.2 Å². The second kappa shape index (κ2) is 14.7. The van der Waals surface area contributed by atoms with Gasteiger partial charge in [-0.1, -0.05) is 43.2 Å². The Morgan fingerprint density at radius 3 is 2.19 bits per heavy atom. The number of carbonyl (C=O) groups is 2. The Balaban J connectivity index is 2.05. The number of anilines is 1. The largest absolute Gasteiger partial charge is 0.493 e. The number of sulfonamides is 1. The molecule has 0 aliphatic carbocycles. The molecule has 0 aromatic heterocycles. The van der Waals surface area contributed by atoms with Crippen molar-refractivity contribution in [3.05, 3.63) is 83.7 Å². The van der Waals surface area contributed by atoms with E-state index in [2.05, 4.69) is 5.32 Å². The molecule has 3 aromatic carbocycles. The van der Waals surface area contributed by atoms with E-state index in [-0.39, 0.29) is 28.8 Å². The summed E-state index contributed by atoms with van der Waals surface area (Å²) in [4.78, 5) is 28.3. The highest BCUT2D eigenvalue weighted by molar-refractivity contribution is 7.92. The third-order valence-electron chi connectivity index (χ3n) is 6.81. The van der Waals surface area contributed by atoms with Gasteiger partial charge in [-0.05, 0) is 62.2 Å². The number of amides is 2. The Bertz CT molecular complexity index is 1460. The minimum Gasteiger partial charge on any atom is -0.493 e. The molecule has 0 heterocycles. The molecule has 226 valence electrons. The molecule has 42 heavy (non-hydrogen) atoms. The van der Waals surface area contributed by atoms with Crippen molar-refractivity contribution in [3.63, 3.8) is 0 Å². The third kappa shape index (κ3) is 8.00. The van der Waals surface area contributed by atoms with Gasteiger partial charge in [0.1, 0.15) is 18.4 Å². The number of hydrogen-bond acceptors (Lipinski definition) is 6. The molecule has 0 fully saturated rings. The van der Waals surface area contributed by atoms with E-state index in [4.69, 9.17) is 9.47 Å². The van der Waals surface area contributed by atoms with E-state index in [1.807, 2.05) is 13.8 Å². The van der Waals surface area contributed by atoms with Crippen molar-refractivity contribution < 1.29 is 31.9 Å². The molecule has 0 spiro atoms. The van der Waals surface area contributed by atoms with Gasteiger partial charge in [-0.25, -0.2) is 12.8 Å². The maximum absolute atomic E-state index is 14.0. The van der Waals surface area contributed by atoms with E-state index in [0.717, 1.165) is 22.7 Å². The Morgan fingerprint density at radius 2 is 1.60 bits per heavy atom. The summed E-state index contributed by atoms with van der Waals surface area (Å²) in [6.07, 6.45) is 1.65. The molecule has 0 aliphatic rings. The first kappa shape index (κ1) is 32.4. The SMILES string of the molecule is CCCCNC(=O)[C@H](C)N(Cc1ccc(F)cc1)C(=O)CN(c1ccc(OC)c(OC)c1)S(=O)(=O)c1ccc(C)cc1. The lowest BCUT2D eigenvalue weighted by Crippen LogP contribution is -2.51. The number of rotatable bonds is 14. The van der Waals surface area contributed by atoms with E-state index >= 15 is 0 Å². The van der Waals surface area contributed by atoms with Gasteiger partial charge in [-0.15, -0.1) is 0 Å². The molecule has 3 aromatic rings. The first-order valence-corrected chi connectivity index (χ1v) is 15.1. The smallest absolute Gasteiger partial charge is 0.264 e. The summed E-state index contributed by atoms with van der Waals surface area (Å²) >= 11 is 0. The predicted molar refractivity (Wildman–Crippen MR) is 160 cm³/mol. The number of benzene rings is 3. The second-order valence-electron chi connectivity index (χ2n) is 9.83. The number of methoxy groups -OCH3 is 2. The van der Waals surface area contributed by atoms with Crippen LogP contribution in [0.1, 0.15) is 37.8 Å². The number of ether oxygens (including phenoxy) is 2. The van der Waals surface area contributed by atoms with Crippen molar-refractivity contribution in [3.8, 4) is 11.5 Å². The summed E-state index contributed by atoms with van der Waals surface area (Å²) in [6.45, 7) is 5.21. The Labute approximate surface area is 247 Å². The fraction of sp³-hybridized carbons (Fsp3) is 0.355. The van der Waals surface area contributed by atoms with Crippen LogP contribution in [0.5, 0.6) is 11.5 Å². The number of unbranched alkanes of at least 4 members (excludes halogenated alkanes) is 1. The van der Waals surface area contributed by atoms with Crippen LogP contribution < -0.4 is 19.1 Å². The van der Waals surface area contributed by atoms with Crippen LogP contribution in [0.2, 0.25) is 0 Å². The first-order chi connectivity index (χ1) is 20.0. The standard InChI is InChI=1S/C31H38FN3O6S/c1-6-7-18-33-31(37)23(3)34(20-24-10-12-25(32)13-11-24)30(36)21-35(26-14-17-28(40-4)29(19-26)41-5)42(38,39)27-15-8-22(2)9-16-27/h8-17,19,23H,6-7,18,20-21H2,1-5H3,(H,33,37)/t23-/m0/s1. The molecular weight excluding hydrogens is 561 g/mol. The van der Waals surface area contributed by atoms with Crippen LogP contribution in [0.15, 0.2) is 71.6 Å². The van der Waals surface area contributed by atoms with Gasteiger partial charge in [0.15, 0.2) is 11.5 Å². The summed E-state index contributed by atoms with van der Waals surface area (Å²) in [5, 5.41) is 2.83. The molecule has 0 aliphatic heterocycles. The molecule has 0 unspecified atom stereocenters. The molecule has 0 saturated carbocycles. The van der Waals surface area contributed by atoms with Crippen LogP contribution in [0.4, 0.5) is 10.1 Å². The molecule has 11 heteroatoms. The van der Waals surface area contributed by atoms with Gasteiger partial charge in [0.05, 0.1) is 24.8 Å². The van der Waals surface area contributed by atoms with Crippen molar-refractivity contribution >= 4 is 27.5 Å². The van der Waals surface area contributed by atoms with E-state index in [9.17, 15) is 22.4 Å². The number of halogens is 1. The molecule has 1 N–H and O–H groups in total. The van der Waals surface area contributed by atoms with Gasteiger partial charge in [-0.2, -0.15) is 0 Å². The molecular formula is C31H38FN3O6S. The van der Waals surface area contributed by atoms with E-state index in [1.54, 1.807) is 25.1 Å². The lowest BCUT2D eigenvalue weighted by atomic mass is 10.1. The van der Waals surface area contributed by atoms with Crippen molar-refractivity contribution in [2.75, 3.05) is 31.6 Å². The maximum atomic E-state index is 14.0. The average molecular weight is 600 g/mol. The average Bonchev–Trinajstić information content (AvgIpc) is 2.98. The molecule has 1 atom stereocenters. The van der Waals surface area contributed by atoms with E-state index < -0.39 is 34.3 Å². The molecule has 0 saturated heterocycles. The fourth-order valence-corrected chi connectivity index (χ4v) is 5.66. The zero-order valence-corrected chi connectivity index (χ0v) is 25.4. The van der Waals surface area contributed by atoms with Crippen molar-refractivity contribution in [1.82, 2.24) is 10.2 Å². The van der Waals surface area contributed by atoms with E-state index in [0.29, 0.717) is 17.9 Å². The zero-order chi connectivity index (χ0) is 30.9. The highest BCUT2D eigenvalue weighted by Crippen LogP contribution is 2.34. The van der Waals surface area contributed by atoms with E-state index in [1.165, 1.54) is 67.7 Å². The van der Waals surface area contributed by atoms with Crippen molar-refractivity contribution in [2.24, 2.45) is 0 Å². The summed E-state index contributed by atoms with van der Waals surface area (Å²) in [5.74, 6) is -0.777. The van der Waals surface area contributed by atoms with Crippen molar-refractivity contribution in [2.45, 2.75) is 51.1 Å². The topological polar surface area (TPSA) is 105 Å². The van der Waals surface area contributed by atoms with Gasteiger partial charge < -0.3 is 19.7 Å². The summed E-state index contributed by atoms with van der Waals surface area (Å²) in [7, 11) is -1.36. The lowest BCUT2D eigenvalue weighted by molar-refractivity contribution is -0.139. The summed E-state index contributed by atoms with van der Waals surface area (Å²) < 4.78 is 53.3. The third-order valence-corrected chi connectivity index (χ3v) is 8.59. The maximum Gasteiger partial charge on any atom is 0.264 e. The van der Waals surface area contributed by atoms with Crippen LogP contribution in [0.25, 0.3) is 0 Å². The lowest BCUT2D eigenvalue weighted by Gasteiger charge is -2.32. The highest BCUT2D eigenvalue weighted by Gasteiger charge is 2.33. The summed E-state index contributed by atoms with van der Waals surface area (Å²) in [5.41, 5.74) is 1.62. The Morgan fingerprint density at radius 1 is 0.952 bits per heavy atom. The molecule has 9 nitrogen and oxygen atoms in total. The molecule has 2 amide bonds. The molecule has 3 rings (SSSR count). The first-order valence-electron chi connectivity index (χ1n) is 13.6. The zero-order valence-electron chi connectivity index (χ0n) is 24.6. The van der Waals surface area contributed by atoms with Crippen molar-refractivity contribution in [1.29, 1.82) is 0 Å². The highest BCUT2D eigenvalue weighted by atomic mass is 32.2. The second-order valence-corrected chi connectivity index (χ2v) is 11.7. The number of nitrogens with zero attached hydrogens (tertiary/aromatic N) is 2. The Hall–Kier alpha value is -4.12. The van der Waals surface area contributed by atoms with Gasteiger partial charge in [0.25, 0.3) is 10.0 Å². The van der Waals surface area contributed by atoms with Gasteiger partial charge >= 0.3 is 0 Å². The molecule has 0 bridgehead atoms. The van der Waals surface area contributed by atoms with Crippen LogP contribution in [-0.4, -0.2) is 58.5 Å². The normalized spacial score (nSPS) is 11.9. The van der Waals surface area contributed by atoms with Gasteiger partial charge in [-0.3, -0.25) is 13.9 Å². The predicted octanol–water partition coefficient (Wildman–Crippen LogP) is 4.68. The van der Waals surface area contributed by atoms with Crippen LogP contribution in [0.3, 0.4) is 0 Å². The minimum atomic E-state index is -4.25. The minimum absolute atomic E-state index is 0.00822. The fourth-order valence-electron chi connectivity index (χ4n) is 4.25. The monoisotopic (exact) mass is 599 g/mol. The Kier molecular flexibility index (Phi) is 11.3. The van der Waals surface area contributed by atoms with Crippen LogP contribution in [0, 0.1) is 12.7 Å². The van der Waals surface area contributed by atoms with Crippen LogP contribution >= 0.6 is 0 Å². The van der Waals surface area contributed by atoms with Gasteiger partial charge in [0.2, 0.25) is 11.8 Å². The van der Waals surface area contributed by atoms with Crippen LogP contribution in [-0.2, 0) is 26.2 Å². The number of nitrogens with one attached hydrogen (secondary N) is 1. The molecule has 0 radical (unpaired) electrons. The number of carbonyl (C=O) groups excluding carboxylic acids is 2. The quantitative estimate of drug-likeness (QED) is 0.270. The number of aryl methyl sites for hydroxylation is 1. The summed E-state index contributed by atoms with van der Waals surface area (Å²) in [6, 6.07) is 15.5.